The van der Waals surface area contributed by atoms with Crippen molar-refractivity contribution in [2.24, 2.45) is 0 Å². The summed E-state index contributed by atoms with van der Waals surface area (Å²) in [5.74, 6) is 0. The van der Waals surface area contributed by atoms with Gasteiger partial charge in [0.1, 0.15) is 0 Å². The molecule has 0 atom stereocenters. The summed E-state index contributed by atoms with van der Waals surface area (Å²) in [6, 6.07) is 0. The molecule has 0 bridgehead atoms. The van der Waals surface area contributed by atoms with Crippen molar-refractivity contribution in [3.05, 3.63) is 31.7 Å². The average Bonchev–Trinajstić information content (AvgIpc) is 2.07. The molecule has 1 heterocycles. The summed E-state index contributed by atoms with van der Waals surface area (Å²) in [6.07, 6.45) is 0. The zero-order valence-electron chi connectivity index (χ0n) is 8.63. The summed E-state index contributed by atoms with van der Waals surface area (Å²) in [6.45, 7) is 6.71. The second kappa shape index (κ2) is 3.65. The van der Waals surface area contributed by atoms with Gasteiger partial charge in [0, 0.05) is 0 Å². The Hall–Kier alpha value is -1.58. The van der Waals surface area contributed by atoms with Gasteiger partial charge in [-0.3, -0.25) is 0 Å². The van der Waals surface area contributed by atoms with Crippen LogP contribution in [0, 0.1) is 0 Å². The Morgan fingerprint density at radius 3 is 1.29 bits per heavy atom. The molecule has 0 amide bonds. The van der Waals surface area contributed by atoms with Crippen LogP contribution >= 0.6 is 0 Å². The summed E-state index contributed by atoms with van der Waals surface area (Å²) in [4.78, 5) is 22.6. The van der Waals surface area contributed by atoms with Crippen LogP contribution in [0.4, 0.5) is 0 Å². The third-order valence-electron chi connectivity index (χ3n) is 1.67. The second-order valence-corrected chi connectivity index (χ2v) is 3.44. The van der Waals surface area contributed by atoms with Crippen LogP contribution in [0.15, 0.2) is 18.4 Å². The minimum absolute atomic E-state index is 0.0139. The Morgan fingerprint density at radius 2 is 1.07 bits per heavy atom. The molecular weight excluding hydrogens is 184 g/mol. The van der Waals surface area contributed by atoms with Gasteiger partial charge in [0.2, 0.25) is 10.8 Å². The maximum atomic E-state index is 11.3. The lowest BCUT2D eigenvalue weighted by molar-refractivity contribution is 0.342. The summed E-state index contributed by atoms with van der Waals surface area (Å²) >= 11 is 0. The highest BCUT2D eigenvalue weighted by molar-refractivity contribution is 5.34. The van der Waals surface area contributed by atoms with Crippen LogP contribution in [0.25, 0.3) is 11.1 Å². The molecule has 0 fully saturated rings. The molecule has 4 heteroatoms. The van der Waals surface area contributed by atoms with Crippen molar-refractivity contribution in [1.29, 1.82) is 0 Å². The van der Waals surface area contributed by atoms with Crippen LogP contribution < -0.4 is 22.1 Å². The first-order chi connectivity index (χ1) is 6.43. The van der Waals surface area contributed by atoms with Gasteiger partial charge in [0.05, 0.1) is 0 Å². The second-order valence-electron chi connectivity index (χ2n) is 3.44. The molecule has 1 rings (SSSR count). The van der Waals surface area contributed by atoms with Crippen LogP contribution in [0.3, 0.4) is 0 Å². The van der Waals surface area contributed by atoms with Crippen molar-refractivity contribution in [3.63, 3.8) is 0 Å². The molecule has 0 saturated heterocycles. The quantitative estimate of drug-likeness (QED) is 0.584. The minimum atomic E-state index is -0.610. The fourth-order valence-electron chi connectivity index (χ4n) is 0.974. The molecule has 4 nitrogen and oxygen atoms in total. The predicted octanol–water partition coefficient (Wildman–Crippen LogP) is -0.0260. The molecule has 0 N–H and O–H groups in total. The predicted molar refractivity (Wildman–Crippen MR) is 52.3 cm³/mol. The van der Waals surface area contributed by atoms with Gasteiger partial charge in [-0.1, -0.05) is 0 Å². The van der Waals surface area contributed by atoms with Crippen LogP contribution in [-0.2, 0) is 0 Å². The number of hydrogen-bond acceptors (Lipinski definition) is 4. The van der Waals surface area contributed by atoms with E-state index in [-0.39, 0.29) is 10.8 Å². The standard InChI is InChI=1S/C10H12O4/c1-5(2)7-9(11)14-8(6(3)4)10(12)13-7/h1-4H3. The summed E-state index contributed by atoms with van der Waals surface area (Å²) in [5.41, 5.74) is -0.00564. The Morgan fingerprint density at radius 1 is 0.786 bits per heavy atom. The van der Waals surface area contributed by atoms with E-state index in [1.165, 1.54) is 0 Å². The van der Waals surface area contributed by atoms with Crippen LogP contribution in [0.5, 0.6) is 0 Å². The van der Waals surface area contributed by atoms with E-state index >= 15 is 0 Å². The normalized spacial score (nSPS) is 10.0. The highest BCUT2D eigenvalue weighted by atomic mass is 16.5. The minimum Gasteiger partial charge on any atom is -0.413 e. The van der Waals surface area contributed by atoms with Crippen LogP contribution in [0.2, 0.25) is 0 Å². The maximum absolute atomic E-state index is 11.3. The van der Waals surface area contributed by atoms with Gasteiger partial charge in [-0.25, -0.2) is 9.59 Å². The zero-order valence-corrected chi connectivity index (χ0v) is 8.63. The molecule has 1 aromatic rings. The van der Waals surface area contributed by atoms with E-state index in [0.717, 1.165) is 0 Å². The summed E-state index contributed by atoms with van der Waals surface area (Å²) in [7, 11) is 0. The molecule has 0 aliphatic rings. The highest BCUT2D eigenvalue weighted by Crippen LogP contribution is 1.82. The largest absolute Gasteiger partial charge is 0.413 e. The molecule has 0 radical (unpaired) electrons. The molecule has 0 aromatic carbocycles. The summed E-state index contributed by atoms with van der Waals surface area (Å²) < 4.78 is 9.68. The Kier molecular flexibility index (Phi) is 2.74. The fraction of sp³-hybridized carbons (Fsp3) is 0.400. The lowest BCUT2D eigenvalue weighted by atomic mass is 10.3. The van der Waals surface area contributed by atoms with Gasteiger partial charge in [-0.05, 0) is 38.8 Å². The van der Waals surface area contributed by atoms with Crippen molar-refractivity contribution in [3.8, 4) is 0 Å². The monoisotopic (exact) mass is 196 g/mol. The SMILES string of the molecule is CC(C)=c1oc(=O)c(=C(C)C)oc1=O. The molecule has 0 spiro atoms. The number of hydrogen-bond donors (Lipinski definition) is 0. The van der Waals surface area contributed by atoms with Crippen molar-refractivity contribution >= 4 is 11.1 Å². The lowest BCUT2D eigenvalue weighted by Gasteiger charge is -1.90. The van der Waals surface area contributed by atoms with Gasteiger partial charge in [0.25, 0.3) is 0 Å². The first-order valence-electron chi connectivity index (χ1n) is 4.22. The van der Waals surface area contributed by atoms with Gasteiger partial charge in [-0.2, -0.15) is 0 Å². The molecule has 0 aliphatic carbocycles. The van der Waals surface area contributed by atoms with Crippen molar-refractivity contribution in [1.82, 2.24) is 0 Å². The van der Waals surface area contributed by atoms with Gasteiger partial charge in [0.15, 0.2) is 0 Å². The smallest absolute Gasteiger partial charge is 0.379 e. The van der Waals surface area contributed by atoms with E-state index in [4.69, 9.17) is 8.83 Å². The molecule has 14 heavy (non-hydrogen) atoms. The highest BCUT2D eigenvalue weighted by Gasteiger charge is 2.02. The van der Waals surface area contributed by atoms with E-state index in [0.29, 0.717) is 11.1 Å². The van der Waals surface area contributed by atoms with Crippen LogP contribution in [0.1, 0.15) is 27.7 Å². The van der Waals surface area contributed by atoms with Gasteiger partial charge < -0.3 is 8.83 Å². The topological polar surface area (TPSA) is 60.4 Å². The Bertz CT molecular complexity index is 510. The van der Waals surface area contributed by atoms with Crippen molar-refractivity contribution in [2.75, 3.05) is 0 Å². The van der Waals surface area contributed by atoms with E-state index in [2.05, 4.69) is 0 Å². The first-order valence-corrected chi connectivity index (χ1v) is 4.22. The van der Waals surface area contributed by atoms with Gasteiger partial charge in [-0.15, -0.1) is 0 Å². The molecule has 76 valence electrons. The maximum Gasteiger partial charge on any atom is 0.379 e. The lowest BCUT2D eigenvalue weighted by Crippen LogP contribution is -2.39. The fourth-order valence-corrected chi connectivity index (χ4v) is 0.974. The van der Waals surface area contributed by atoms with E-state index in [1.54, 1.807) is 27.7 Å². The molecular formula is C10H12O4. The van der Waals surface area contributed by atoms with Gasteiger partial charge >= 0.3 is 11.3 Å². The van der Waals surface area contributed by atoms with Crippen molar-refractivity contribution in [2.45, 2.75) is 27.7 Å². The third kappa shape index (κ3) is 1.84. The summed E-state index contributed by atoms with van der Waals surface area (Å²) in [5, 5.41) is 0. The molecule has 1 aromatic heterocycles. The number of rotatable bonds is 0. The zero-order chi connectivity index (χ0) is 10.9. The first kappa shape index (κ1) is 10.5. The molecule has 0 saturated carbocycles. The Labute approximate surface area is 80.2 Å². The third-order valence-corrected chi connectivity index (χ3v) is 1.67. The van der Waals surface area contributed by atoms with E-state index in [1.807, 2.05) is 0 Å². The van der Waals surface area contributed by atoms with E-state index in [9.17, 15) is 9.59 Å². The Balaban J connectivity index is 3.95. The average molecular weight is 196 g/mol. The van der Waals surface area contributed by atoms with E-state index < -0.39 is 11.3 Å². The molecule has 0 aliphatic heterocycles. The van der Waals surface area contributed by atoms with Crippen LogP contribution in [-0.4, -0.2) is 0 Å². The van der Waals surface area contributed by atoms with Crippen molar-refractivity contribution < 1.29 is 8.83 Å². The molecule has 0 unspecified atom stereocenters.